The van der Waals surface area contributed by atoms with Crippen LogP contribution in [0.3, 0.4) is 0 Å². The summed E-state index contributed by atoms with van der Waals surface area (Å²) in [6, 6.07) is 4.96. The summed E-state index contributed by atoms with van der Waals surface area (Å²) in [5.74, 6) is 0. The van der Waals surface area contributed by atoms with Crippen molar-refractivity contribution in [2.24, 2.45) is 0 Å². The van der Waals surface area contributed by atoms with Gasteiger partial charge in [0.05, 0.1) is 11.7 Å². The Morgan fingerprint density at radius 1 is 1.38 bits per heavy atom. The van der Waals surface area contributed by atoms with Gasteiger partial charge in [-0.2, -0.15) is 8.42 Å². The van der Waals surface area contributed by atoms with Crippen molar-refractivity contribution in [2.75, 3.05) is 0 Å². The van der Waals surface area contributed by atoms with Gasteiger partial charge in [0.1, 0.15) is 0 Å². The van der Waals surface area contributed by atoms with Crippen molar-refractivity contribution >= 4 is 15.7 Å². The van der Waals surface area contributed by atoms with Gasteiger partial charge in [-0.25, -0.2) is 4.98 Å². The quantitative estimate of drug-likeness (QED) is 0.645. The Morgan fingerprint density at radius 3 is 2.85 bits per heavy atom. The highest BCUT2D eigenvalue weighted by atomic mass is 32.3. The lowest BCUT2D eigenvalue weighted by Gasteiger charge is -1.94. The van der Waals surface area contributed by atoms with Crippen LogP contribution >= 0.6 is 0 Å². The predicted molar refractivity (Wildman–Crippen MR) is 43.5 cm³/mol. The molecule has 68 valence electrons. The molecule has 0 aliphatic heterocycles. The summed E-state index contributed by atoms with van der Waals surface area (Å²) in [6.45, 7) is 0. The number of fused-ring (bicyclic) bond motifs is 1. The first-order valence-electron chi connectivity index (χ1n) is 3.46. The van der Waals surface area contributed by atoms with Crippen LogP contribution in [0.2, 0.25) is 0 Å². The Bertz CT molecular complexity index is 546. The standard InChI is InChI=1S/C7H5FN2O2S/c8-13(11,12)7-9-5-6-3-1-2-4-10(6)7/h1-5H. The highest BCUT2D eigenvalue weighted by Crippen LogP contribution is 2.12. The molecule has 0 N–H and O–H groups in total. The van der Waals surface area contributed by atoms with E-state index >= 15 is 0 Å². The van der Waals surface area contributed by atoms with Gasteiger partial charge >= 0.3 is 10.2 Å². The average molecular weight is 200 g/mol. The minimum Gasteiger partial charge on any atom is -0.288 e. The fourth-order valence-electron chi connectivity index (χ4n) is 1.10. The van der Waals surface area contributed by atoms with Crippen LogP contribution in [0.5, 0.6) is 0 Å². The van der Waals surface area contributed by atoms with Gasteiger partial charge in [0, 0.05) is 6.20 Å². The molecule has 2 aromatic rings. The third kappa shape index (κ3) is 1.29. The van der Waals surface area contributed by atoms with Gasteiger partial charge < -0.3 is 0 Å². The molecule has 0 aliphatic rings. The van der Waals surface area contributed by atoms with Crippen LogP contribution in [0, 0.1) is 0 Å². The van der Waals surface area contributed by atoms with Crippen molar-refractivity contribution in [3.8, 4) is 0 Å². The smallest absolute Gasteiger partial charge is 0.288 e. The van der Waals surface area contributed by atoms with E-state index < -0.39 is 15.4 Å². The largest absolute Gasteiger partial charge is 0.366 e. The first-order valence-corrected chi connectivity index (χ1v) is 4.84. The van der Waals surface area contributed by atoms with E-state index in [0.29, 0.717) is 5.52 Å². The molecule has 0 spiro atoms. The van der Waals surface area contributed by atoms with E-state index in [9.17, 15) is 12.3 Å². The van der Waals surface area contributed by atoms with Crippen molar-refractivity contribution < 1.29 is 12.3 Å². The number of hydrogen-bond acceptors (Lipinski definition) is 3. The monoisotopic (exact) mass is 200 g/mol. The topological polar surface area (TPSA) is 51.4 Å². The SMILES string of the molecule is O=S(=O)(F)c1ncc2ccccn12. The fourth-order valence-corrected chi connectivity index (χ4v) is 1.68. The minimum absolute atomic E-state index is 0.540. The molecular weight excluding hydrogens is 195 g/mol. The number of rotatable bonds is 1. The van der Waals surface area contributed by atoms with Gasteiger partial charge in [0.2, 0.25) is 0 Å². The van der Waals surface area contributed by atoms with Crippen LogP contribution in [0.25, 0.3) is 5.52 Å². The van der Waals surface area contributed by atoms with Gasteiger partial charge in [-0.3, -0.25) is 4.40 Å². The van der Waals surface area contributed by atoms with Gasteiger partial charge in [-0.05, 0) is 12.1 Å². The Kier molecular flexibility index (Phi) is 1.59. The molecule has 0 amide bonds. The molecule has 2 rings (SSSR count). The second-order valence-electron chi connectivity index (χ2n) is 2.47. The Morgan fingerprint density at radius 2 is 2.15 bits per heavy atom. The Labute approximate surface area is 73.9 Å². The van der Waals surface area contributed by atoms with Crippen LogP contribution in [-0.4, -0.2) is 17.8 Å². The van der Waals surface area contributed by atoms with E-state index in [1.54, 1.807) is 18.2 Å². The molecule has 6 heteroatoms. The predicted octanol–water partition coefficient (Wildman–Crippen LogP) is 0.992. The van der Waals surface area contributed by atoms with E-state index in [0.717, 1.165) is 0 Å². The van der Waals surface area contributed by atoms with Crippen LogP contribution in [-0.2, 0) is 10.2 Å². The van der Waals surface area contributed by atoms with Gasteiger partial charge in [0.25, 0.3) is 5.16 Å². The first kappa shape index (κ1) is 8.18. The second-order valence-corrected chi connectivity index (χ2v) is 3.71. The molecule has 0 saturated carbocycles. The number of aromatic nitrogens is 2. The lowest BCUT2D eigenvalue weighted by Crippen LogP contribution is -1.99. The maximum absolute atomic E-state index is 12.6. The highest BCUT2D eigenvalue weighted by Gasteiger charge is 2.18. The zero-order chi connectivity index (χ0) is 9.47. The molecule has 0 unspecified atom stereocenters. The minimum atomic E-state index is -4.73. The van der Waals surface area contributed by atoms with Crippen molar-refractivity contribution in [3.63, 3.8) is 0 Å². The van der Waals surface area contributed by atoms with E-state index in [2.05, 4.69) is 4.98 Å². The van der Waals surface area contributed by atoms with Crippen molar-refractivity contribution in [1.29, 1.82) is 0 Å². The van der Waals surface area contributed by atoms with Gasteiger partial charge in [-0.1, -0.05) is 9.95 Å². The fraction of sp³-hybridized carbons (Fsp3) is 0. The van der Waals surface area contributed by atoms with Gasteiger partial charge in [0.15, 0.2) is 0 Å². The molecule has 0 atom stereocenters. The summed E-state index contributed by atoms with van der Waals surface area (Å²) >= 11 is 0. The van der Waals surface area contributed by atoms with Crippen LogP contribution in [0.15, 0.2) is 35.7 Å². The van der Waals surface area contributed by atoms with E-state index in [4.69, 9.17) is 0 Å². The summed E-state index contributed by atoms with van der Waals surface area (Å²) in [5, 5.41) is -0.580. The lowest BCUT2D eigenvalue weighted by atomic mass is 10.4. The number of pyridine rings is 1. The molecule has 0 radical (unpaired) electrons. The van der Waals surface area contributed by atoms with E-state index in [1.807, 2.05) is 0 Å². The maximum atomic E-state index is 12.6. The molecule has 13 heavy (non-hydrogen) atoms. The molecule has 2 aromatic heterocycles. The van der Waals surface area contributed by atoms with Gasteiger partial charge in [-0.15, -0.1) is 0 Å². The number of imidazole rings is 1. The molecule has 2 heterocycles. The zero-order valence-electron chi connectivity index (χ0n) is 6.38. The molecule has 0 saturated heterocycles. The second kappa shape index (κ2) is 2.53. The van der Waals surface area contributed by atoms with Crippen molar-refractivity contribution in [1.82, 2.24) is 9.38 Å². The van der Waals surface area contributed by atoms with E-state index in [1.165, 1.54) is 16.8 Å². The molecule has 0 fully saturated rings. The summed E-state index contributed by atoms with van der Waals surface area (Å²) in [6.07, 6.45) is 2.74. The molecule has 4 nitrogen and oxygen atoms in total. The maximum Gasteiger partial charge on any atom is 0.366 e. The first-order chi connectivity index (χ1) is 6.09. The summed E-state index contributed by atoms with van der Waals surface area (Å²) in [4.78, 5) is 3.47. The van der Waals surface area contributed by atoms with Crippen LogP contribution in [0.1, 0.15) is 0 Å². The van der Waals surface area contributed by atoms with Crippen molar-refractivity contribution in [3.05, 3.63) is 30.6 Å². The van der Waals surface area contributed by atoms with E-state index in [-0.39, 0.29) is 0 Å². The average Bonchev–Trinajstić information content (AvgIpc) is 2.45. The Hall–Kier alpha value is -1.43. The molecular formula is C7H5FN2O2S. The Balaban J connectivity index is 2.87. The number of hydrogen-bond donors (Lipinski definition) is 0. The number of nitrogens with zero attached hydrogens (tertiary/aromatic N) is 2. The highest BCUT2D eigenvalue weighted by molar-refractivity contribution is 7.86. The molecule has 0 aliphatic carbocycles. The summed E-state index contributed by atoms with van der Waals surface area (Å²) in [7, 11) is -4.73. The van der Waals surface area contributed by atoms with Crippen molar-refractivity contribution in [2.45, 2.75) is 5.16 Å². The summed E-state index contributed by atoms with van der Waals surface area (Å²) in [5.41, 5.74) is 0.540. The van der Waals surface area contributed by atoms with Crippen LogP contribution in [0.4, 0.5) is 3.89 Å². The molecule has 0 aromatic carbocycles. The zero-order valence-corrected chi connectivity index (χ0v) is 7.20. The lowest BCUT2D eigenvalue weighted by molar-refractivity contribution is 0.541. The third-order valence-electron chi connectivity index (χ3n) is 1.62. The van der Waals surface area contributed by atoms with Crippen LogP contribution < -0.4 is 0 Å². The normalized spacial score (nSPS) is 12.1. The number of halogens is 1. The molecule has 0 bridgehead atoms. The summed E-state index contributed by atoms with van der Waals surface area (Å²) < 4.78 is 34.9. The third-order valence-corrected chi connectivity index (χ3v) is 2.36.